The minimum absolute atomic E-state index is 0.790. The predicted molar refractivity (Wildman–Crippen MR) is 88.1 cm³/mol. The number of benzene rings is 2. The van der Waals surface area contributed by atoms with E-state index in [2.05, 4.69) is 34.0 Å². The van der Waals surface area contributed by atoms with Crippen LogP contribution < -0.4 is 4.74 Å². The summed E-state index contributed by atoms with van der Waals surface area (Å²) in [7, 11) is 1.67. The third-order valence-electron chi connectivity index (χ3n) is 3.78. The maximum Gasteiger partial charge on any atom is 0.157 e. The molecule has 0 saturated heterocycles. The molecule has 1 N–H and O–H groups in total. The van der Waals surface area contributed by atoms with E-state index >= 15 is 0 Å². The molecule has 4 heteroatoms. The lowest BCUT2D eigenvalue weighted by molar-refractivity contribution is 0.415. The number of hydrogen-bond acceptors (Lipinski definition) is 3. The number of imidazole rings is 1. The van der Waals surface area contributed by atoms with Gasteiger partial charge < -0.3 is 9.72 Å². The summed E-state index contributed by atoms with van der Waals surface area (Å²) in [6.45, 7) is 2.07. The molecule has 0 spiro atoms. The third kappa shape index (κ3) is 2.09. The van der Waals surface area contributed by atoms with E-state index in [0.717, 1.165) is 39.2 Å². The van der Waals surface area contributed by atoms with E-state index in [1.54, 1.807) is 7.11 Å². The molecule has 0 bridgehead atoms. The zero-order valence-electron chi connectivity index (χ0n) is 12.4. The van der Waals surface area contributed by atoms with Crippen LogP contribution in [-0.2, 0) is 0 Å². The number of aromatic amines is 1. The summed E-state index contributed by atoms with van der Waals surface area (Å²) in [5.74, 6) is 1.62. The first-order chi connectivity index (χ1) is 10.7. The monoisotopic (exact) mass is 289 g/mol. The van der Waals surface area contributed by atoms with Crippen molar-refractivity contribution in [1.82, 2.24) is 15.0 Å². The van der Waals surface area contributed by atoms with E-state index in [4.69, 9.17) is 4.74 Å². The van der Waals surface area contributed by atoms with Crippen LogP contribution in [0.5, 0.6) is 5.75 Å². The molecule has 0 unspecified atom stereocenters. The van der Waals surface area contributed by atoms with Gasteiger partial charge in [-0.3, -0.25) is 0 Å². The fraction of sp³-hybridized carbons (Fsp3) is 0.111. The van der Waals surface area contributed by atoms with Gasteiger partial charge in [-0.05, 0) is 48.9 Å². The molecule has 108 valence electrons. The highest BCUT2D eigenvalue weighted by atomic mass is 16.5. The first-order valence-electron chi connectivity index (χ1n) is 7.14. The molecule has 0 fully saturated rings. The summed E-state index contributed by atoms with van der Waals surface area (Å²) in [6, 6.07) is 16.1. The fourth-order valence-corrected chi connectivity index (χ4v) is 2.61. The topological polar surface area (TPSA) is 50.8 Å². The molecule has 0 amide bonds. The van der Waals surface area contributed by atoms with E-state index in [1.165, 1.54) is 5.56 Å². The second kappa shape index (κ2) is 4.84. The van der Waals surface area contributed by atoms with Crippen LogP contribution in [0.25, 0.3) is 33.5 Å². The first kappa shape index (κ1) is 12.8. The van der Waals surface area contributed by atoms with Crippen LogP contribution in [0.15, 0.2) is 48.5 Å². The lowest BCUT2D eigenvalue weighted by Crippen LogP contribution is -1.88. The average molecular weight is 289 g/mol. The molecule has 2 aromatic heterocycles. The van der Waals surface area contributed by atoms with Gasteiger partial charge in [-0.25, -0.2) is 9.97 Å². The Balaban J connectivity index is 1.84. The molecule has 4 aromatic rings. The SMILES string of the molecule is COc1ccc2nc(-c3nc4ccc(C)cc4[nH]3)ccc2c1. The summed E-state index contributed by atoms with van der Waals surface area (Å²) in [4.78, 5) is 12.7. The largest absolute Gasteiger partial charge is 0.497 e. The van der Waals surface area contributed by atoms with Gasteiger partial charge in [-0.1, -0.05) is 12.1 Å². The van der Waals surface area contributed by atoms with Crippen molar-refractivity contribution in [3.63, 3.8) is 0 Å². The Morgan fingerprint density at radius 1 is 0.909 bits per heavy atom. The molecule has 4 rings (SSSR count). The van der Waals surface area contributed by atoms with Gasteiger partial charge in [0.25, 0.3) is 0 Å². The molecule has 2 aromatic carbocycles. The molecule has 4 nitrogen and oxygen atoms in total. The van der Waals surface area contributed by atoms with Crippen molar-refractivity contribution in [2.24, 2.45) is 0 Å². The van der Waals surface area contributed by atoms with Gasteiger partial charge in [0.2, 0.25) is 0 Å². The Hall–Kier alpha value is -2.88. The van der Waals surface area contributed by atoms with Crippen molar-refractivity contribution in [3.8, 4) is 17.3 Å². The number of nitrogens with zero attached hydrogens (tertiary/aromatic N) is 2. The van der Waals surface area contributed by atoms with Crippen molar-refractivity contribution >= 4 is 21.9 Å². The highest BCUT2D eigenvalue weighted by Crippen LogP contribution is 2.24. The van der Waals surface area contributed by atoms with Crippen LogP contribution in [0.1, 0.15) is 5.56 Å². The Morgan fingerprint density at radius 2 is 1.77 bits per heavy atom. The molecular formula is C18H15N3O. The molecule has 0 aliphatic heterocycles. The second-order valence-corrected chi connectivity index (χ2v) is 5.36. The zero-order valence-corrected chi connectivity index (χ0v) is 12.4. The Kier molecular flexibility index (Phi) is 2.82. The number of aryl methyl sites for hydroxylation is 1. The van der Waals surface area contributed by atoms with Crippen LogP contribution in [0.2, 0.25) is 0 Å². The number of ether oxygens (including phenoxy) is 1. The molecular weight excluding hydrogens is 274 g/mol. The lowest BCUT2D eigenvalue weighted by Gasteiger charge is -2.03. The number of hydrogen-bond donors (Lipinski definition) is 1. The van der Waals surface area contributed by atoms with Gasteiger partial charge in [-0.15, -0.1) is 0 Å². The van der Waals surface area contributed by atoms with Crippen molar-refractivity contribution in [1.29, 1.82) is 0 Å². The molecule has 0 aliphatic carbocycles. The molecule has 0 aliphatic rings. The number of rotatable bonds is 2. The van der Waals surface area contributed by atoms with Gasteiger partial charge in [0.05, 0.1) is 23.7 Å². The van der Waals surface area contributed by atoms with Crippen LogP contribution in [-0.4, -0.2) is 22.1 Å². The van der Waals surface area contributed by atoms with E-state index in [0.29, 0.717) is 0 Å². The number of methoxy groups -OCH3 is 1. The van der Waals surface area contributed by atoms with E-state index in [9.17, 15) is 0 Å². The van der Waals surface area contributed by atoms with Crippen molar-refractivity contribution in [3.05, 3.63) is 54.1 Å². The summed E-state index contributed by atoms with van der Waals surface area (Å²) in [5.41, 5.74) is 4.96. The smallest absolute Gasteiger partial charge is 0.157 e. The van der Waals surface area contributed by atoms with Crippen molar-refractivity contribution < 1.29 is 4.74 Å². The normalized spacial score (nSPS) is 11.2. The number of nitrogens with one attached hydrogen (secondary N) is 1. The third-order valence-corrected chi connectivity index (χ3v) is 3.78. The van der Waals surface area contributed by atoms with Crippen molar-refractivity contribution in [2.75, 3.05) is 7.11 Å². The van der Waals surface area contributed by atoms with Gasteiger partial charge in [-0.2, -0.15) is 0 Å². The van der Waals surface area contributed by atoms with Gasteiger partial charge in [0.15, 0.2) is 5.82 Å². The first-order valence-corrected chi connectivity index (χ1v) is 7.14. The average Bonchev–Trinajstić information content (AvgIpc) is 2.96. The lowest BCUT2D eigenvalue weighted by atomic mass is 10.2. The molecule has 0 saturated carbocycles. The van der Waals surface area contributed by atoms with E-state index in [1.807, 2.05) is 36.4 Å². The quantitative estimate of drug-likeness (QED) is 0.604. The predicted octanol–water partition coefficient (Wildman–Crippen LogP) is 4.10. The maximum atomic E-state index is 5.24. The zero-order chi connectivity index (χ0) is 15.1. The number of H-pyrrole nitrogens is 1. The van der Waals surface area contributed by atoms with Crippen molar-refractivity contribution in [2.45, 2.75) is 6.92 Å². The van der Waals surface area contributed by atoms with Gasteiger partial charge in [0, 0.05) is 5.39 Å². The van der Waals surface area contributed by atoms with E-state index in [-0.39, 0.29) is 0 Å². The van der Waals surface area contributed by atoms with Gasteiger partial charge in [0.1, 0.15) is 11.4 Å². The summed E-state index contributed by atoms with van der Waals surface area (Å²) >= 11 is 0. The Bertz CT molecular complexity index is 988. The van der Waals surface area contributed by atoms with Crippen LogP contribution >= 0.6 is 0 Å². The molecule has 22 heavy (non-hydrogen) atoms. The minimum atomic E-state index is 0.790. The number of fused-ring (bicyclic) bond motifs is 2. The fourth-order valence-electron chi connectivity index (χ4n) is 2.61. The number of aromatic nitrogens is 3. The Labute approximate surface area is 127 Å². The standard InChI is InChI=1S/C18H15N3O/c1-11-3-6-15-17(9-11)21-18(20-15)16-7-4-12-10-13(22-2)5-8-14(12)19-16/h3-10H,1-2H3,(H,20,21). The summed E-state index contributed by atoms with van der Waals surface area (Å²) in [6.07, 6.45) is 0. The number of pyridine rings is 1. The molecule has 0 atom stereocenters. The maximum absolute atomic E-state index is 5.24. The molecule has 2 heterocycles. The minimum Gasteiger partial charge on any atom is -0.497 e. The molecule has 0 radical (unpaired) electrons. The van der Waals surface area contributed by atoms with E-state index < -0.39 is 0 Å². The summed E-state index contributed by atoms with van der Waals surface area (Å²) < 4.78 is 5.24. The highest BCUT2D eigenvalue weighted by Gasteiger charge is 2.08. The Morgan fingerprint density at radius 3 is 2.64 bits per heavy atom. The van der Waals surface area contributed by atoms with Crippen LogP contribution in [0, 0.1) is 6.92 Å². The highest BCUT2D eigenvalue weighted by molar-refractivity contribution is 5.84. The second-order valence-electron chi connectivity index (χ2n) is 5.36. The van der Waals surface area contributed by atoms with Crippen LogP contribution in [0.4, 0.5) is 0 Å². The summed E-state index contributed by atoms with van der Waals surface area (Å²) in [5, 5.41) is 1.05. The van der Waals surface area contributed by atoms with Crippen LogP contribution in [0.3, 0.4) is 0 Å². The van der Waals surface area contributed by atoms with Gasteiger partial charge >= 0.3 is 0 Å².